The van der Waals surface area contributed by atoms with Crippen molar-refractivity contribution in [3.8, 4) is 0 Å². The number of nitrogens with zero attached hydrogens (tertiary/aromatic N) is 2. The van der Waals surface area contributed by atoms with Crippen LogP contribution in [0.25, 0.3) is 0 Å². The van der Waals surface area contributed by atoms with Crippen LogP contribution in [0.4, 0.5) is 18.9 Å². The number of aromatic nitrogens is 1. The fourth-order valence-electron chi connectivity index (χ4n) is 4.97. The molecule has 2 heterocycles. The number of pyridine rings is 1. The summed E-state index contributed by atoms with van der Waals surface area (Å²) in [6.45, 7) is 1.97. The second-order valence-electron chi connectivity index (χ2n) is 9.35. The molecule has 0 spiro atoms. The number of carbonyl (C=O) groups is 1. The van der Waals surface area contributed by atoms with Crippen molar-refractivity contribution >= 4 is 33.0 Å². The maximum Gasteiger partial charge on any atom is 0.414 e. The first kappa shape index (κ1) is 25.8. The van der Waals surface area contributed by atoms with Crippen LogP contribution in [0, 0.1) is 12.8 Å². The quantitative estimate of drug-likeness (QED) is 0.616. The van der Waals surface area contributed by atoms with E-state index in [0.29, 0.717) is 15.6 Å². The van der Waals surface area contributed by atoms with Crippen molar-refractivity contribution in [2.45, 2.75) is 50.9 Å². The Morgan fingerprint density at radius 1 is 1.17 bits per heavy atom. The van der Waals surface area contributed by atoms with Crippen LogP contribution in [0.1, 0.15) is 41.3 Å². The van der Waals surface area contributed by atoms with E-state index in [-0.39, 0.29) is 36.1 Å². The number of fused-ring (bicyclic) bond motifs is 1. The minimum Gasteiger partial charge on any atom is -0.380 e. The topological polar surface area (TPSA) is 79.4 Å². The van der Waals surface area contributed by atoms with Crippen LogP contribution < -0.4 is 5.32 Å². The average molecular weight is 530 g/mol. The highest BCUT2D eigenvalue weighted by atomic mass is 35.5. The Morgan fingerprint density at radius 2 is 1.86 bits per heavy atom. The van der Waals surface area contributed by atoms with E-state index in [4.69, 9.17) is 11.6 Å². The van der Waals surface area contributed by atoms with Gasteiger partial charge in [-0.3, -0.25) is 9.78 Å². The molecule has 1 fully saturated rings. The predicted octanol–water partition coefficient (Wildman–Crippen LogP) is 4.51. The number of nitrogens with one attached hydrogen (secondary N) is 1. The molecule has 1 N–H and O–H groups in total. The Hall–Kier alpha value is -2.33. The molecule has 0 saturated carbocycles. The van der Waals surface area contributed by atoms with E-state index in [1.165, 1.54) is 29.5 Å². The van der Waals surface area contributed by atoms with Gasteiger partial charge >= 0.3 is 6.18 Å². The molecule has 1 aromatic heterocycles. The first-order valence-electron chi connectivity index (χ1n) is 11.4. The summed E-state index contributed by atoms with van der Waals surface area (Å²) in [5.74, 6) is -1.86. The predicted molar refractivity (Wildman–Crippen MR) is 128 cm³/mol. The lowest BCUT2D eigenvalue weighted by molar-refractivity contribution is -0.191. The molecule has 2 aliphatic rings. The van der Waals surface area contributed by atoms with Crippen molar-refractivity contribution in [2.75, 3.05) is 23.9 Å². The van der Waals surface area contributed by atoms with Crippen LogP contribution in [-0.4, -0.2) is 55.0 Å². The van der Waals surface area contributed by atoms with Gasteiger partial charge in [0.05, 0.1) is 29.1 Å². The van der Waals surface area contributed by atoms with Gasteiger partial charge in [0.2, 0.25) is 5.91 Å². The molecule has 2 atom stereocenters. The van der Waals surface area contributed by atoms with E-state index >= 15 is 0 Å². The van der Waals surface area contributed by atoms with E-state index in [1.54, 1.807) is 0 Å². The minimum absolute atomic E-state index is 0.0286. The van der Waals surface area contributed by atoms with Crippen molar-refractivity contribution in [3.63, 3.8) is 0 Å². The molecule has 11 heteroatoms. The Bertz CT molecular complexity index is 1210. The summed E-state index contributed by atoms with van der Waals surface area (Å²) in [5, 5.41) is 4.04. The number of hydrogen-bond donors (Lipinski definition) is 1. The lowest BCUT2D eigenvalue weighted by Crippen LogP contribution is -2.44. The van der Waals surface area contributed by atoms with Gasteiger partial charge in [0.25, 0.3) is 0 Å². The van der Waals surface area contributed by atoms with Gasteiger partial charge in [-0.05, 0) is 67.5 Å². The van der Waals surface area contributed by atoms with Crippen LogP contribution in [0.3, 0.4) is 0 Å². The molecule has 1 amide bonds. The molecule has 1 saturated heterocycles. The van der Waals surface area contributed by atoms with Gasteiger partial charge < -0.3 is 10.2 Å². The summed E-state index contributed by atoms with van der Waals surface area (Å²) < 4.78 is 65.3. The van der Waals surface area contributed by atoms with Gasteiger partial charge in [-0.1, -0.05) is 17.7 Å². The van der Waals surface area contributed by atoms with Crippen LogP contribution >= 0.6 is 11.6 Å². The summed E-state index contributed by atoms with van der Waals surface area (Å²) in [6.07, 6.45) is -1.81. The van der Waals surface area contributed by atoms with Crippen molar-refractivity contribution < 1.29 is 26.4 Å². The van der Waals surface area contributed by atoms with Gasteiger partial charge in [0, 0.05) is 24.0 Å². The fourth-order valence-corrected chi connectivity index (χ4v) is 6.64. The second kappa shape index (κ2) is 9.61. The maximum atomic E-state index is 14.0. The average Bonchev–Trinajstić information content (AvgIpc) is 3.19. The summed E-state index contributed by atoms with van der Waals surface area (Å²) in [7, 11) is -2.13. The van der Waals surface area contributed by atoms with E-state index in [0.717, 1.165) is 25.5 Å². The number of rotatable bonds is 5. The highest BCUT2D eigenvalue weighted by Crippen LogP contribution is 2.38. The molecule has 1 aliphatic carbocycles. The summed E-state index contributed by atoms with van der Waals surface area (Å²) in [5.41, 5.74) is 3.72. The molecule has 2 aromatic rings. The van der Waals surface area contributed by atoms with Crippen LogP contribution in [0.2, 0.25) is 5.02 Å². The van der Waals surface area contributed by atoms with E-state index in [2.05, 4.69) is 10.3 Å². The van der Waals surface area contributed by atoms with Crippen LogP contribution in [0.15, 0.2) is 30.5 Å². The van der Waals surface area contributed by atoms with Gasteiger partial charge in [-0.15, -0.1) is 0 Å². The third kappa shape index (κ3) is 5.58. The highest BCUT2D eigenvalue weighted by molar-refractivity contribution is 7.91. The molecular formula is C24H27ClF3N3O3S. The van der Waals surface area contributed by atoms with E-state index in [9.17, 15) is 26.4 Å². The Morgan fingerprint density at radius 3 is 2.46 bits per heavy atom. The lowest BCUT2D eigenvalue weighted by Gasteiger charge is -2.33. The third-order valence-corrected chi connectivity index (χ3v) is 9.06. The minimum atomic E-state index is -4.74. The molecule has 0 bridgehead atoms. The van der Waals surface area contributed by atoms with E-state index < -0.39 is 33.9 Å². The summed E-state index contributed by atoms with van der Waals surface area (Å²) in [4.78, 5) is 17.5. The van der Waals surface area contributed by atoms with Crippen molar-refractivity contribution in [1.82, 2.24) is 9.88 Å². The molecule has 1 aromatic carbocycles. The normalized spacial score (nSPS) is 20.8. The Balaban J connectivity index is 1.46. The zero-order valence-electron chi connectivity index (χ0n) is 19.4. The molecule has 4 rings (SSSR count). The lowest BCUT2D eigenvalue weighted by atomic mass is 9.99. The number of benzene rings is 1. The fraction of sp³-hybridized carbons (Fsp3) is 0.500. The van der Waals surface area contributed by atoms with Crippen molar-refractivity contribution in [1.29, 1.82) is 0 Å². The first-order chi connectivity index (χ1) is 16.4. The second-order valence-corrected chi connectivity index (χ2v) is 12.1. The molecule has 190 valence electrons. The Labute approximate surface area is 207 Å². The standard InChI is InChI=1S/C24H27ClF3N3O3S/c1-14-19-12-18(11-16(19)3-5-20(14)25)30-17-4-6-21(29-13-17)22(24(26,27)28)31(2)23(32)15-7-9-35(33,34)10-8-15/h3-6,13,15,18,22,30H,7-12H2,1-2H3/t18?,22-/m0/s1. The van der Waals surface area contributed by atoms with E-state index in [1.807, 2.05) is 19.1 Å². The highest BCUT2D eigenvalue weighted by Gasteiger charge is 2.47. The van der Waals surface area contributed by atoms with Gasteiger partial charge in [-0.2, -0.15) is 13.2 Å². The van der Waals surface area contributed by atoms with Gasteiger partial charge in [0.15, 0.2) is 6.04 Å². The number of anilines is 1. The molecule has 1 aliphatic heterocycles. The maximum absolute atomic E-state index is 14.0. The number of sulfone groups is 1. The van der Waals surface area contributed by atoms with Gasteiger partial charge in [0.1, 0.15) is 9.84 Å². The molecular weight excluding hydrogens is 503 g/mol. The molecule has 35 heavy (non-hydrogen) atoms. The molecule has 1 unspecified atom stereocenters. The molecule has 0 radical (unpaired) electrons. The number of alkyl halides is 3. The third-order valence-electron chi connectivity index (χ3n) is 6.93. The zero-order chi connectivity index (χ0) is 25.5. The largest absolute Gasteiger partial charge is 0.414 e. The molecule has 6 nitrogen and oxygen atoms in total. The smallest absolute Gasteiger partial charge is 0.380 e. The zero-order valence-corrected chi connectivity index (χ0v) is 21.0. The van der Waals surface area contributed by atoms with Gasteiger partial charge in [-0.25, -0.2) is 8.42 Å². The SMILES string of the molecule is Cc1c(Cl)ccc2c1CC(Nc1ccc([C@H](N(C)C(=O)C3CCS(=O)(=O)CC3)C(F)(F)F)nc1)C2. The number of hydrogen-bond acceptors (Lipinski definition) is 5. The number of carbonyl (C=O) groups excluding carboxylic acids is 1. The first-order valence-corrected chi connectivity index (χ1v) is 13.6. The Kier molecular flexibility index (Phi) is 7.07. The van der Waals surface area contributed by atoms with Crippen LogP contribution in [-0.2, 0) is 27.5 Å². The summed E-state index contributed by atoms with van der Waals surface area (Å²) in [6, 6.07) is 4.53. The van der Waals surface area contributed by atoms with Crippen molar-refractivity contribution in [2.24, 2.45) is 5.92 Å². The summed E-state index contributed by atoms with van der Waals surface area (Å²) >= 11 is 6.22. The number of amides is 1. The van der Waals surface area contributed by atoms with Crippen LogP contribution in [0.5, 0.6) is 0 Å². The monoisotopic (exact) mass is 529 g/mol. The number of halogens is 4. The van der Waals surface area contributed by atoms with Crippen molar-refractivity contribution in [3.05, 3.63) is 57.9 Å².